The minimum absolute atomic E-state index is 0.105. The highest BCUT2D eigenvalue weighted by Gasteiger charge is 2.05. The van der Waals surface area contributed by atoms with Gasteiger partial charge in [0.25, 0.3) is 0 Å². The van der Waals surface area contributed by atoms with E-state index in [-0.39, 0.29) is 5.83 Å². The van der Waals surface area contributed by atoms with Crippen LogP contribution in [-0.2, 0) is 0 Å². The summed E-state index contributed by atoms with van der Waals surface area (Å²) in [5.41, 5.74) is 0.841. The van der Waals surface area contributed by atoms with Gasteiger partial charge in [-0.05, 0) is 36.3 Å². The quantitative estimate of drug-likeness (QED) is 0.496. The molecule has 0 fully saturated rings. The third-order valence-corrected chi connectivity index (χ3v) is 1.81. The molecule has 0 amide bonds. The molecule has 0 saturated heterocycles. The van der Waals surface area contributed by atoms with Gasteiger partial charge in [-0.2, -0.15) is 0 Å². The fraction of sp³-hybridized carbons (Fsp3) is 0.429. The van der Waals surface area contributed by atoms with Gasteiger partial charge < -0.3 is 0 Å². The van der Waals surface area contributed by atoms with Gasteiger partial charge in [0, 0.05) is 0 Å². The fourth-order valence-electron chi connectivity index (χ4n) is 0.777. The predicted molar refractivity (Wildman–Crippen MR) is 40.1 cm³/mol. The van der Waals surface area contributed by atoms with E-state index < -0.39 is 0 Å². The van der Waals surface area contributed by atoms with Crippen LogP contribution in [-0.4, -0.2) is 0 Å². The molecule has 0 atom stereocenters. The number of allylic oxidation sites excluding steroid dienone is 4. The van der Waals surface area contributed by atoms with Crippen molar-refractivity contribution in [2.45, 2.75) is 19.8 Å². The first-order chi connectivity index (χ1) is 4.20. The fourth-order valence-corrected chi connectivity index (χ4v) is 1.00. The van der Waals surface area contributed by atoms with Crippen LogP contribution in [0.5, 0.6) is 0 Å². The largest absolute Gasteiger partial charge is 0.207 e. The Balaban J connectivity index is 2.83. The van der Waals surface area contributed by atoms with E-state index in [0.717, 1.165) is 23.3 Å². The maximum Gasteiger partial charge on any atom is 0.122 e. The molecule has 1 rings (SSSR count). The van der Waals surface area contributed by atoms with Gasteiger partial charge in [0.1, 0.15) is 5.83 Å². The number of halogens is 1. The van der Waals surface area contributed by atoms with Crippen LogP contribution in [0.4, 0.5) is 4.39 Å². The van der Waals surface area contributed by atoms with Crippen molar-refractivity contribution < 1.29 is 4.39 Å². The van der Waals surface area contributed by atoms with E-state index in [0.29, 0.717) is 0 Å². The third-order valence-electron chi connectivity index (χ3n) is 1.46. The Morgan fingerprint density at radius 3 is 2.67 bits per heavy atom. The first-order valence-corrected chi connectivity index (χ1v) is 3.39. The summed E-state index contributed by atoms with van der Waals surface area (Å²) in [4.78, 5) is 0.845. The summed E-state index contributed by atoms with van der Waals surface area (Å²) in [5, 5.41) is 0. The minimum atomic E-state index is -0.105. The molecule has 0 aromatic rings. The van der Waals surface area contributed by atoms with Gasteiger partial charge in [-0.15, -0.1) is 12.6 Å². The van der Waals surface area contributed by atoms with E-state index in [1.807, 2.05) is 6.92 Å². The molecule has 0 aliphatic heterocycles. The lowest BCUT2D eigenvalue weighted by atomic mass is 10.1. The lowest BCUT2D eigenvalue weighted by Crippen LogP contribution is -1.89. The monoisotopic (exact) mass is 144 g/mol. The second kappa shape index (κ2) is 2.56. The summed E-state index contributed by atoms with van der Waals surface area (Å²) in [6.07, 6.45) is 3.20. The van der Waals surface area contributed by atoms with Gasteiger partial charge in [0.15, 0.2) is 0 Å². The van der Waals surface area contributed by atoms with Crippen LogP contribution in [0.15, 0.2) is 22.4 Å². The average Bonchev–Trinajstić information content (AvgIpc) is 1.80. The highest BCUT2D eigenvalue weighted by molar-refractivity contribution is 7.84. The molecule has 0 aromatic carbocycles. The molecule has 1 aliphatic rings. The molecule has 0 spiro atoms. The Hall–Kier alpha value is -0.240. The molecular formula is C7H9FS. The zero-order valence-corrected chi connectivity index (χ0v) is 6.21. The lowest BCUT2D eigenvalue weighted by Gasteiger charge is -2.07. The highest BCUT2D eigenvalue weighted by atomic mass is 32.1. The van der Waals surface area contributed by atoms with Crippen LogP contribution in [0, 0.1) is 0 Å². The minimum Gasteiger partial charge on any atom is -0.207 e. The summed E-state index contributed by atoms with van der Waals surface area (Å²) >= 11 is 4.05. The van der Waals surface area contributed by atoms with Gasteiger partial charge in [-0.25, -0.2) is 4.39 Å². The molecule has 0 nitrogen and oxygen atoms in total. The standard InChI is InChI=1S/C7H9FS/c1-5-2-3-6(9)4-7(5)8/h4,9H,2-3H2,1H3. The summed E-state index contributed by atoms with van der Waals surface area (Å²) in [6.45, 7) is 1.81. The second-order valence-electron chi connectivity index (χ2n) is 2.26. The zero-order valence-electron chi connectivity index (χ0n) is 5.32. The molecule has 0 heterocycles. The van der Waals surface area contributed by atoms with E-state index in [2.05, 4.69) is 12.6 Å². The van der Waals surface area contributed by atoms with Crippen molar-refractivity contribution in [2.75, 3.05) is 0 Å². The summed E-state index contributed by atoms with van der Waals surface area (Å²) in [5.74, 6) is -0.105. The molecular weight excluding hydrogens is 135 g/mol. The Kier molecular flexibility index (Phi) is 1.96. The molecule has 0 bridgehead atoms. The maximum absolute atomic E-state index is 12.6. The summed E-state index contributed by atoms with van der Waals surface area (Å²) < 4.78 is 12.6. The summed E-state index contributed by atoms with van der Waals surface area (Å²) in [7, 11) is 0. The normalized spacial score (nSPS) is 20.1. The number of thiol groups is 1. The average molecular weight is 144 g/mol. The molecule has 0 aromatic heterocycles. The molecule has 1 aliphatic carbocycles. The lowest BCUT2D eigenvalue weighted by molar-refractivity contribution is 0.635. The Labute approximate surface area is 59.9 Å². The molecule has 9 heavy (non-hydrogen) atoms. The van der Waals surface area contributed by atoms with Crippen molar-refractivity contribution in [2.24, 2.45) is 0 Å². The van der Waals surface area contributed by atoms with Crippen LogP contribution >= 0.6 is 12.6 Å². The second-order valence-corrected chi connectivity index (χ2v) is 2.84. The Morgan fingerprint density at radius 1 is 1.56 bits per heavy atom. The van der Waals surface area contributed by atoms with Crippen LogP contribution in [0.2, 0.25) is 0 Å². The van der Waals surface area contributed by atoms with Gasteiger partial charge in [0.2, 0.25) is 0 Å². The Bertz CT molecular complexity index is 179. The van der Waals surface area contributed by atoms with E-state index >= 15 is 0 Å². The first kappa shape index (κ1) is 6.87. The van der Waals surface area contributed by atoms with Gasteiger partial charge in [-0.3, -0.25) is 0 Å². The van der Waals surface area contributed by atoms with Crippen molar-refractivity contribution >= 4 is 12.6 Å². The molecule has 0 unspecified atom stereocenters. The van der Waals surface area contributed by atoms with Crippen molar-refractivity contribution in [3.8, 4) is 0 Å². The number of hydrogen-bond donors (Lipinski definition) is 1. The topological polar surface area (TPSA) is 0 Å². The zero-order chi connectivity index (χ0) is 6.85. The van der Waals surface area contributed by atoms with Gasteiger partial charge >= 0.3 is 0 Å². The van der Waals surface area contributed by atoms with Crippen LogP contribution in [0.25, 0.3) is 0 Å². The maximum atomic E-state index is 12.6. The van der Waals surface area contributed by atoms with Crippen molar-refractivity contribution in [3.05, 3.63) is 22.4 Å². The van der Waals surface area contributed by atoms with Gasteiger partial charge in [0.05, 0.1) is 0 Å². The van der Waals surface area contributed by atoms with E-state index in [4.69, 9.17) is 0 Å². The van der Waals surface area contributed by atoms with Crippen molar-refractivity contribution in [3.63, 3.8) is 0 Å². The summed E-state index contributed by atoms with van der Waals surface area (Å²) in [6, 6.07) is 0. The van der Waals surface area contributed by atoms with Crippen LogP contribution < -0.4 is 0 Å². The van der Waals surface area contributed by atoms with Crippen LogP contribution in [0.3, 0.4) is 0 Å². The number of rotatable bonds is 0. The molecule has 0 radical (unpaired) electrons. The molecule has 0 saturated carbocycles. The van der Waals surface area contributed by atoms with E-state index in [1.54, 1.807) is 0 Å². The van der Waals surface area contributed by atoms with E-state index in [9.17, 15) is 4.39 Å². The van der Waals surface area contributed by atoms with Gasteiger partial charge in [-0.1, -0.05) is 0 Å². The molecule has 0 N–H and O–H groups in total. The SMILES string of the molecule is CC1=C(F)C=C(S)CC1. The third kappa shape index (κ3) is 1.58. The number of hydrogen-bond acceptors (Lipinski definition) is 1. The highest BCUT2D eigenvalue weighted by Crippen LogP contribution is 2.25. The Morgan fingerprint density at radius 2 is 2.22 bits per heavy atom. The van der Waals surface area contributed by atoms with Crippen molar-refractivity contribution in [1.29, 1.82) is 0 Å². The smallest absolute Gasteiger partial charge is 0.122 e. The molecule has 50 valence electrons. The van der Waals surface area contributed by atoms with Crippen molar-refractivity contribution in [1.82, 2.24) is 0 Å². The van der Waals surface area contributed by atoms with Crippen LogP contribution in [0.1, 0.15) is 19.8 Å². The van der Waals surface area contributed by atoms with E-state index in [1.165, 1.54) is 6.08 Å². The first-order valence-electron chi connectivity index (χ1n) is 2.95. The molecule has 2 heteroatoms. The predicted octanol–water partition coefficient (Wildman–Crippen LogP) is 2.84.